The van der Waals surface area contributed by atoms with Crippen molar-refractivity contribution in [2.75, 3.05) is 11.6 Å². The lowest BCUT2D eigenvalue weighted by Crippen LogP contribution is -2.14. The van der Waals surface area contributed by atoms with Crippen molar-refractivity contribution in [3.05, 3.63) is 63.0 Å². The van der Waals surface area contributed by atoms with Gasteiger partial charge >= 0.3 is 0 Å². The lowest BCUT2D eigenvalue weighted by Gasteiger charge is -2.03. The molecule has 0 atom stereocenters. The second-order valence-electron chi connectivity index (χ2n) is 5.12. The number of halogens is 1. The molecule has 0 saturated heterocycles. The molecule has 1 aromatic heterocycles. The van der Waals surface area contributed by atoms with E-state index in [1.54, 1.807) is 11.8 Å². The predicted molar refractivity (Wildman–Crippen MR) is 111 cm³/mol. The largest absolute Gasteiger partial charge is 0.302 e. The van der Waals surface area contributed by atoms with Crippen molar-refractivity contribution in [1.29, 1.82) is 0 Å². The van der Waals surface area contributed by atoms with Crippen LogP contribution in [-0.2, 0) is 11.2 Å². The van der Waals surface area contributed by atoms with E-state index < -0.39 is 0 Å². The standard InChI is InChI=1S/C18H15IN2OS2/c1-23-15-8-2-12(3-9-15)10-17(22)21-18-20-16(11-24-18)13-4-6-14(19)7-5-13/h2-9,11H,10H2,1H3,(H,20,21,22). The Morgan fingerprint density at radius 3 is 2.54 bits per heavy atom. The van der Waals surface area contributed by atoms with Gasteiger partial charge in [-0.1, -0.05) is 24.3 Å². The van der Waals surface area contributed by atoms with Gasteiger partial charge in [-0.15, -0.1) is 23.1 Å². The first kappa shape index (κ1) is 17.4. The fourth-order valence-electron chi connectivity index (χ4n) is 2.18. The normalized spacial score (nSPS) is 10.6. The van der Waals surface area contributed by atoms with Crippen LogP contribution < -0.4 is 5.32 Å². The van der Waals surface area contributed by atoms with Crippen molar-refractivity contribution in [2.24, 2.45) is 0 Å². The third kappa shape index (κ3) is 4.58. The molecule has 0 bridgehead atoms. The fraction of sp³-hybridized carbons (Fsp3) is 0.111. The predicted octanol–water partition coefficient (Wildman–Crippen LogP) is 5.32. The minimum Gasteiger partial charge on any atom is -0.302 e. The quantitative estimate of drug-likeness (QED) is 0.409. The smallest absolute Gasteiger partial charge is 0.230 e. The van der Waals surface area contributed by atoms with Gasteiger partial charge in [0.05, 0.1) is 12.1 Å². The second kappa shape index (κ2) is 8.13. The molecule has 122 valence electrons. The number of amides is 1. The van der Waals surface area contributed by atoms with E-state index in [-0.39, 0.29) is 5.91 Å². The maximum Gasteiger partial charge on any atom is 0.230 e. The number of benzene rings is 2. The minimum atomic E-state index is -0.0459. The van der Waals surface area contributed by atoms with Crippen LogP contribution in [0.25, 0.3) is 11.3 Å². The third-order valence-corrected chi connectivity index (χ3v) is 5.63. The summed E-state index contributed by atoms with van der Waals surface area (Å²) in [6.45, 7) is 0. The van der Waals surface area contributed by atoms with Crippen LogP contribution in [0, 0.1) is 3.57 Å². The molecular formula is C18H15IN2OS2. The maximum atomic E-state index is 12.2. The number of anilines is 1. The van der Waals surface area contributed by atoms with Crippen LogP contribution in [0.3, 0.4) is 0 Å². The first-order chi connectivity index (χ1) is 11.6. The summed E-state index contributed by atoms with van der Waals surface area (Å²) in [4.78, 5) is 17.9. The molecule has 0 fully saturated rings. The molecule has 3 rings (SSSR count). The van der Waals surface area contributed by atoms with Gasteiger partial charge in [-0.2, -0.15) is 0 Å². The number of thiazole rings is 1. The number of hydrogen-bond donors (Lipinski definition) is 1. The Morgan fingerprint density at radius 1 is 1.17 bits per heavy atom. The molecule has 3 nitrogen and oxygen atoms in total. The number of nitrogens with zero attached hydrogens (tertiary/aromatic N) is 1. The van der Waals surface area contributed by atoms with Crippen LogP contribution in [0.1, 0.15) is 5.56 Å². The van der Waals surface area contributed by atoms with E-state index in [1.807, 2.05) is 60.2 Å². The summed E-state index contributed by atoms with van der Waals surface area (Å²) in [5, 5.41) is 5.48. The van der Waals surface area contributed by atoms with Gasteiger partial charge in [0.15, 0.2) is 5.13 Å². The van der Waals surface area contributed by atoms with Gasteiger partial charge < -0.3 is 5.32 Å². The Hall–Kier alpha value is -1.38. The SMILES string of the molecule is CSc1ccc(CC(=O)Nc2nc(-c3ccc(I)cc3)cs2)cc1. The van der Waals surface area contributed by atoms with Crippen molar-refractivity contribution in [2.45, 2.75) is 11.3 Å². The van der Waals surface area contributed by atoms with Gasteiger partial charge in [0.2, 0.25) is 5.91 Å². The number of thioether (sulfide) groups is 1. The van der Waals surface area contributed by atoms with Crippen molar-refractivity contribution < 1.29 is 4.79 Å². The van der Waals surface area contributed by atoms with Crippen molar-refractivity contribution >= 4 is 56.7 Å². The molecule has 0 spiro atoms. The molecule has 2 aromatic carbocycles. The molecule has 1 N–H and O–H groups in total. The molecule has 6 heteroatoms. The Kier molecular flexibility index (Phi) is 5.91. The lowest BCUT2D eigenvalue weighted by atomic mass is 10.1. The monoisotopic (exact) mass is 466 g/mol. The third-order valence-electron chi connectivity index (χ3n) is 3.41. The van der Waals surface area contributed by atoms with Crippen LogP contribution >= 0.6 is 45.7 Å². The second-order valence-corrected chi connectivity index (χ2v) is 8.10. The highest BCUT2D eigenvalue weighted by Crippen LogP contribution is 2.25. The highest BCUT2D eigenvalue weighted by molar-refractivity contribution is 14.1. The number of hydrogen-bond acceptors (Lipinski definition) is 4. The molecule has 24 heavy (non-hydrogen) atoms. The van der Waals surface area contributed by atoms with Crippen molar-refractivity contribution in [3.8, 4) is 11.3 Å². The van der Waals surface area contributed by atoms with Gasteiger partial charge in [-0.3, -0.25) is 4.79 Å². The Balaban J connectivity index is 1.63. The molecular weight excluding hydrogens is 451 g/mol. The molecule has 0 saturated carbocycles. The summed E-state index contributed by atoms with van der Waals surface area (Å²) in [5.74, 6) is -0.0459. The molecule has 3 aromatic rings. The van der Waals surface area contributed by atoms with E-state index in [2.05, 4.69) is 32.9 Å². The minimum absolute atomic E-state index is 0.0459. The van der Waals surface area contributed by atoms with Gasteiger partial charge in [0, 0.05) is 19.4 Å². The van der Waals surface area contributed by atoms with Crippen molar-refractivity contribution in [3.63, 3.8) is 0 Å². The lowest BCUT2D eigenvalue weighted by molar-refractivity contribution is -0.115. The van der Waals surface area contributed by atoms with Crippen molar-refractivity contribution in [1.82, 2.24) is 4.98 Å². The molecule has 0 radical (unpaired) electrons. The van der Waals surface area contributed by atoms with Crippen LogP contribution in [0.15, 0.2) is 58.8 Å². The number of aromatic nitrogens is 1. The van der Waals surface area contributed by atoms with Gasteiger partial charge in [-0.05, 0) is 58.7 Å². The van der Waals surface area contributed by atoms with E-state index >= 15 is 0 Å². The summed E-state index contributed by atoms with van der Waals surface area (Å²) in [5.41, 5.74) is 2.94. The van der Waals surface area contributed by atoms with E-state index in [0.29, 0.717) is 11.6 Å². The molecule has 0 aliphatic rings. The highest BCUT2D eigenvalue weighted by atomic mass is 127. The summed E-state index contributed by atoms with van der Waals surface area (Å²) >= 11 is 5.41. The van der Waals surface area contributed by atoms with Crippen LogP contribution in [0.2, 0.25) is 0 Å². The van der Waals surface area contributed by atoms with Gasteiger partial charge in [-0.25, -0.2) is 4.98 Å². The summed E-state index contributed by atoms with van der Waals surface area (Å²) in [6.07, 6.45) is 2.39. The fourth-order valence-corrected chi connectivity index (χ4v) is 3.68. The van der Waals surface area contributed by atoms with Crippen LogP contribution in [0.5, 0.6) is 0 Å². The first-order valence-corrected chi connectivity index (χ1v) is 10.5. The van der Waals surface area contributed by atoms with Crippen LogP contribution in [-0.4, -0.2) is 17.1 Å². The maximum absolute atomic E-state index is 12.2. The molecule has 0 aliphatic heterocycles. The Labute approximate surface area is 163 Å². The number of nitrogens with one attached hydrogen (secondary N) is 1. The molecule has 1 heterocycles. The summed E-state index contributed by atoms with van der Waals surface area (Å²) < 4.78 is 1.19. The zero-order valence-electron chi connectivity index (χ0n) is 13.0. The average Bonchev–Trinajstić information content (AvgIpc) is 3.04. The van der Waals surface area contributed by atoms with Gasteiger partial charge in [0.1, 0.15) is 0 Å². The van der Waals surface area contributed by atoms with Gasteiger partial charge in [0.25, 0.3) is 0 Å². The van der Waals surface area contributed by atoms with E-state index in [4.69, 9.17) is 0 Å². The zero-order chi connectivity index (χ0) is 16.9. The highest BCUT2D eigenvalue weighted by Gasteiger charge is 2.09. The molecule has 0 aliphatic carbocycles. The Bertz CT molecular complexity index is 829. The number of rotatable bonds is 5. The zero-order valence-corrected chi connectivity index (χ0v) is 16.7. The number of carbonyl (C=O) groups excluding carboxylic acids is 1. The number of carbonyl (C=O) groups is 1. The molecule has 0 unspecified atom stereocenters. The molecule has 1 amide bonds. The van der Waals surface area contributed by atoms with E-state index in [9.17, 15) is 4.79 Å². The van der Waals surface area contributed by atoms with Crippen LogP contribution in [0.4, 0.5) is 5.13 Å². The summed E-state index contributed by atoms with van der Waals surface area (Å²) in [6, 6.07) is 16.2. The topological polar surface area (TPSA) is 42.0 Å². The van der Waals surface area contributed by atoms with E-state index in [0.717, 1.165) is 16.8 Å². The van der Waals surface area contributed by atoms with E-state index in [1.165, 1.54) is 19.8 Å². The Morgan fingerprint density at radius 2 is 1.88 bits per heavy atom. The average molecular weight is 466 g/mol. The summed E-state index contributed by atoms with van der Waals surface area (Å²) in [7, 11) is 0. The first-order valence-electron chi connectivity index (χ1n) is 7.28.